The van der Waals surface area contributed by atoms with Crippen LogP contribution in [0.2, 0.25) is 5.02 Å². The van der Waals surface area contributed by atoms with Crippen molar-refractivity contribution in [1.82, 2.24) is 10.3 Å². The molecule has 4 rings (SSSR count). The molecule has 3 aromatic carbocycles. The molecule has 0 amide bonds. The molecule has 4 aromatic rings. The van der Waals surface area contributed by atoms with Gasteiger partial charge in [-0.2, -0.15) is 0 Å². The van der Waals surface area contributed by atoms with Gasteiger partial charge in [-0.05, 0) is 54.3 Å². The number of hydrogen-bond acceptors (Lipinski definition) is 3. The molecule has 168 valence electrons. The van der Waals surface area contributed by atoms with Crippen molar-refractivity contribution in [3.8, 4) is 11.1 Å². The summed E-state index contributed by atoms with van der Waals surface area (Å²) >= 11 is 6.12. The Kier molecular flexibility index (Phi) is 9.08. The summed E-state index contributed by atoms with van der Waals surface area (Å²) in [7, 11) is 0. The van der Waals surface area contributed by atoms with Gasteiger partial charge in [0.25, 0.3) is 0 Å². The highest BCUT2D eigenvalue weighted by Gasteiger charge is 2.28. The lowest BCUT2D eigenvalue weighted by Crippen LogP contribution is -2.48. The molecule has 3 nitrogen and oxygen atoms in total. The lowest BCUT2D eigenvalue weighted by molar-refractivity contribution is 0.322. The molecule has 0 aliphatic rings. The first-order valence-electron chi connectivity index (χ1n) is 10.1. The summed E-state index contributed by atoms with van der Waals surface area (Å²) in [6.07, 6.45) is 1.80. The van der Waals surface area contributed by atoms with E-state index in [0.717, 1.165) is 23.0 Å². The van der Waals surface area contributed by atoms with Gasteiger partial charge in [0.1, 0.15) is 0 Å². The van der Waals surface area contributed by atoms with E-state index in [2.05, 4.69) is 72.7 Å². The van der Waals surface area contributed by atoms with Crippen LogP contribution in [0.4, 0.5) is 0 Å². The second-order valence-electron chi connectivity index (χ2n) is 8.18. The summed E-state index contributed by atoms with van der Waals surface area (Å²) in [5.41, 5.74) is 12.0. The number of halogens is 3. The van der Waals surface area contributed by atoms with E-state index < -0.39 is 0 Å². The number of hydrogen-bond donors (Lipinski definition) is 2. The van der Waals surface area contributed by atoms with Gasteiger partial charge < -0.3 is 11.1 Å². The number of pyridine rings is 1. The number of fused-ring (bicyclic) bond motifs is 1. The van der Waals surface area contributed by atoms with E-state index in [1.165, 1.54) is 16.7 Å². The molecule has 0 bridgehead atoms. The zero-order chi connectivity index (χ0) is 21.1. The van der Waals surface area contributed by atoms with Crippen LogP contribution < -0.4 is 11.1 Å². The normalized spacial score (nSPS) is 12.0. The largest absolute Gasteiger partial charge is 0.322 e. The first kappa shape index (κ1) is 26.1. The topological polar surface area (TPSA) is 50.9 Å². The van der Waals surface area contributed by atoms with E-state index in [0.29, 0.717) is 5.02 Å². The van der Waals surface area contributed by atoms with Crippen molar-refractivity contribution in [1.29, 1.82) is 0 Å². The van der Waals surface area contributed by atoms with Crippen molar-refractivity contribution in [3.05, 3.63) is 101 Å². The Hall–Kier alpha value is -2.14. The molecular weight excluding hydrogens is 461 g/mol. The van der Waals surface area contributed by atoms with Gasteiger partial charge in [-0.25, -0.2) is 0 Å². The number of benzene rings is 3. The minimum Gasteiger partial charge on any atom is -0.322 e. The second-order valence-corrected chi connectivity index (χ2v) is 8.61. The first-order chi connectivity index (χ1) is 14.4. The fraction of sp³-hybridized carbons (Fsp3) is 0.192. The van der Waals surface area contributed by atoms with Crippen LogP contribution in [-0.2, 0) is 6.54 Å². The van der Waals surface area contributed by atoms with Gasteiger partial charge in [-0.3, -0.25) is 4.98 Å². The Bertz CT molecular complexity index is 1150. The van der Waals surface area contributed by atoms with E-state index in [4.69, 9.17) is 17.3 Å². The predicted molar refractivity (Wildman–Crippen MR) is 141 cm³/mol. The molecule has 0 saturated carbocycles. The average molecular weight is 489 g/mol. The maximum atomic E-state index is 6.72. The van der Waals surface area contributed by atoms with Gasteiger partial charge in [0.15, 0.2) is 0 Å². The molecule has 32 heavy (non-hydrogen) atoms. The van der Waals surface area contributed by atoms with Gasteiger partial charge >= 0.3 is 0 Å². The summed E-state index contributed by atoms with van der Waals surface area (Å²) < 4.78 is 0. The van der Waals surface area contributed by atoms with E-state index in [9.17, 15) is 0 Å². The van der Waals surface area contributed by atoms with E-state index >= 15 is 0 Å². The van der Waals surface area contributed by atoms with Crippen LogP contribution in [0.15, 0.2) is 85.1 Å². The summed E-state index contributed by atoms with van der Waals surface area (Å²) in [6.45, 7) is 5.01. The summed E-state index contributed by atoms with van der Waals surface area (Å²) in [6, 6.07) is 26.6. The molecule has 1 heterocycles. The van der Waals surface area contributed by atoms with Crippen LogP contribution in [-0.4, -0.2) is 10.5 Å². The zero-order valence-electron chi connectivity index (χ0n) is 18.1. The number of aromatic nitrogens is 1. The maximum Gasteiger partial charge on any atom is 0.0720 e. The Balaban J connectivity index is 0.00000181. The van der Waals surface area contributed by atoms with Crippen molar-refractivity contribution in [2.45, 2.75) is 32.0 Å². The molecule has 1 unspecified atom stereocenters. The van der Waals surface area contributed by atoms with Gasteiger partial charge in [0.2, 0.25) is 0 Å². The number of nitrogens with zero attached hydrogens (tertiary/aromatic N) is 1. The zero-order valence-corrected chi connectivity index (χ0v) is 20.5. The summed E-state index contributed by atoms with van der Waals surface area (Å²) in [5, 5.41) is 5.35. The third kappa shape index (κ3) is 5.80. The van der Waals surface area contributed by atoms with Crippen molar-refractivity contribution in [3.63, 3.8) is 0 Å². The smallest absolute Gasteiger partial charge is 0.0720 e. The SMILES string of the molecule is CC(C)(NCc1ccc(-c2ccccc2)cc1)C(N)c1ccnc2cc(Cl)ccc12.Cl.Cl. The minimum atomic E-state index is -0.313. The van der Waals surface area contributed by atoms with Gasteiger partial charge in [-0.1, -0.05) is 72.3 Å². The van der Waals surface area contributed by atoms with Crippen molar-refractivity contribution in [2.24, 2.45) is 5.73 Å². The van der Waals surface area contributed by atoms with Gasteiger partial charge in [0, 0.05) is 34.7 Å². The Morgan fingerprint density at radius 2 is 1.56 bits per heavy atom. The van der Waals surface area contributed by atoms with E-state index in [1.807, 2.05) is 30.3 Å². The van der Waals surface area contributed by atoms with Crippen LogP contribution >= 0.6 is 36.4 Å². The van der Waals surface area contributed by atoms with Crippen molar-refractivity contribution in [2.75, 3.05) is 0 Å². The molecule has 6 heteroatoms. The molecule has 3 N–H and O–H groups in total. The lowest BCUT2D eigenvalue weighted by atomic mass is 9.87. The molecule has 0 spiro atoms. The third-order valence-corrected chi connectivity index (χ3v) is 5.90. The van der Waals surface area contributed by atoms with Crippen LogP contribution in [0.1, 0.15) is 31.0 Å². The quantitative estimate of drug-likeness (QED) is 0.308. The van der Waals surface area contributed by atoms with Crippen LogP contribution in [0.25, 0.3) is 22.0 Å². The summed E-state index contributed by atoms with van der Waals surface area (Å²) in [4.78, 5) is 4.43. The molecular formula is C26H28Cl3N3. The lowest BCUT2D eigenvalue weighted by Gasteiger charge is -2.34. The molecule has 0 saturated heterocycles. The first-order valence-corrected chi connectivity index (χ1v) is 10.5. The number of rotatable bonds is 6. The Morgan fingerprint density at radius 1 is 0.906 bits per heavy atom. The molecule has 1 aromatic heterocycles. The Labute approximate surface area is 207 Å². The van der Waals surface area contributed by atoms with Crippen LogP contribution in [0, 0.1) is 0 Å². The highest BCUT2D eigenvalue weighted by atomic mass is 35.5. The monoisotopic (exact) mass is 487 g/mol. The third-order valence-electron chi connectivity index (χ3n) is 5.66. The Morgan fingerprint density at radius 3 is 2.25 bits per heavy atom. The highest BCUT2D eigenvalue weighted by molar-refractivity contribution is 6.31. The van der Waals surface area contributed by atoms with E-state index in [-0.39, 0.29) is 36.4 Å². The number of nitrogens with two attached hydrogens (primary N) is 1. The molecule has 0 radical (unpaired) electrons. The molecule has 1 atom stereocenters. The van der Waals surface area contributed by atoms with Gasteiger partial charge in [0.05, 0.1) is 5.52 Å². The molecule has 0 aliphatic carbocycles. The highest BCUT2D eigenvalue weighted by Crippen LogP contribution is 2.30. The van der Waals surface area contributed by atoms with Crippen molar-refractivity contribution >= 4 is 47.3 Å². The van der Waals surface area contributed by atoms with Crippen LogP contribution in [0.3, 0.4) is 0 Å². The van der Waals surface area contributed by atoms with Gasteiger partial charge in [-0.15, -0.1) is 24.8 Å². The van der Waals surface area contributed by atoms with E-state index in [1.54, 1.807) is 6.20 Å². The fourth-order valence-corrected chi connectivity index (χ4v) is 3.86. The maximum absolute atomic E-state index is 6.72. The van der Waals surface area contributed by atoms with Crippen molar-refractivity contribution < 1.29 is 0 Å². The molecule has 0 fully saturated rings. The standard InChI is InChI=1S/C26H26ClN3.2ClH/c1-26(2,25(28)23-14-15-29-24-16-21(27)12-13-22(23)24)30-17-18-8-10-20(11-9-18)19-6-4-3-5-7-19;;/h3-16,25,30H,17,28H2,1-2H3;2*1H. The molecule has 0 aliphatic heterocycles. The van der Waals surface area contributed by atoms with Crippen LogP contribution in [0.5, 0.6) is 0 Å². The summed E-state index contributed by atoms with van der Waals surface area (Å²) in [5.74, 6) is 0. The fourth-order valence-electron chi connectivity index (χ4n) is 3.69. The average Bonchev–Trinajstić information content (AvgIpc) is 2.77. The minimum absolute atomic E-state index is 0. The number of nitrogens with one attached hydrogen (secondary N) is 1. The second kappa shape index (κ2) is 11.1. The predicted octanol–water partition coefficient (Wildman–Crippen LogP) is 6.97.